The minimum absolute atomic E-state index is 0.0650. The molecule has 0 spiro atoms. The molecule has 6 heteroatoms. The fourth-order valence-corrected chi connectivity index (χ4v) is 2.17. The predicted molar refractivity (Wildman–Crippen MR) is 77.1 cm³/mol. The van der Waals surface area contributed by atoms with Crippen molar-refractivity contribution in [3.8, 4) is 0 Å². The number of aryl methyl sites for hydroxylation is 1. The Bertz CT molecular complexity index is 818. The highest BCUT2D eigenvalue weighted by molar-refractivity contribution is 5.45. The quantitative estimate of drug-likeness (QED) is 0.778. The molecule has 0 radical (unpaired) electrons. The molecule has 102 valence electrons. The summed E-state index contributed by atoms with van der Waals surface area (Å²) in [4.78, 5) is 16.6. The average Bonchev–Trinajstić information content (AvgIpc) is 2.84. The lowest BCUT2D eigenvalue weighted by Crippen LogP contribution is -2.22. The first-order valence-electron chi connectivity index (χ1n) is 6.35. The van der Waals surface area contributed by atoms with Crippen LogP contribution in [0.2, 0.25) is 0 Å². The third-order valence-electron chi connectivity index (χ3n) is 3.16. The van der Waals surface area contributed by atoms with E-state index in [4.69, 9.17) is 0 Å². The maximum absolute atomic E-state index is 12.4. The SMILES string of the molecule is CNc1ccnc(Cn2ccn3nc(C)cc3c2=O)c1. The van der Waals surface area contributed by atoms with E-state index >= 15 is 0 Å². The monoisotopic (exact) mass is 269 g/mol. The molecule has 0 saturated heterocycles. The Balaban J connectivity index is 2.02. The van der Waals surface area contributed by atoms with Crippen LogP contribution in [-0.2, 0) is 6.54 Å². The number of aromatic nitrogens is 4. The van der Waals surface area contributed by atoms with Crippen molar-refractivity contribution in [3.05, 3.63) is 58.5 Å². The van der Waals surface area contributed by atoms with Crippen molar-refractivity contribution >= 4 is 11.2 Å². The van der Waals surface area contributed by atoms with Crippen LogP contribution in [-0.4, -0.2) is 26.2 Å². The lowest BCUT2D eigenvalue weighted by atomic mass is 10.3. The third kappa shape index (κ3) is 2.16. The number of nitrogens with zero attached hydrogens (tertiary/aromatic N) is 4. The van der Waals surface area contributed by atoms with Gasteiger partial charge in [0.25, 0.3) is 5.56 Å². The van der Waals surface area contributed by atoms with Gasteiger partial charge in [0, 0.05) is 31.3 Å². The molecule has 0 aliphatic rings. The van der Waals surface area contributed by atoms with Crippen molar-refractivity contribution in [1.82, 2.24) is 19.2 Å². The molecule has 0 aliphatic heterocycles. The van der Waals surface area contributed by atoms with Gasteiger partial charge in [-0.25, -0.2) is 4.52 Å². The molecular weight excluding hydrogens is 254 g/mol. The molecule has 3 aromatic heterocycles. The average molecular weight is 269 g/mol. The van der Waals surface area contributed by atoms with Crippen LogP contribution in [0.1, 0.15) is 11.4 Å². The van der Waals surface area contributed by atoms with Gasteiger partial charge in [-0.15, -0.1) is 0 Å². The van der Waals surface area contributed by atoms with E-state index in [0.717, 1.165) is 17.1 Å². The van der Waals surface area contributed by atoms with Crippen LogP contribution in [0.3, 0.4) is 0 Å². The van der Waals surface area contributed by atoms with Crippen molar-refractivity contribution in [2.24, 2.45) is 0 Å². The van der Waals surface area contributed by atoms with Gasteiger partial charge in [-0.3, -0.25) is 9.78 Å². The molecule has 6 nitrogen and oxygen atoms in total. The molecule has 0 fully saturated rings. The van der Waals surface area contributed by atoms with Gasteiger partial charge in [-0.05, 0) is 25.1 Å². The van der Waals surface area contributed by atoms with Crippen LogP contribution in [0.15, 0.2) is 41.6 Å². The summed E-state index contributed by atoms with van der Waals surface area (Å²) >= 11 is 0. The standard InChI is InChI=1S/C14H15N5O/c1-10-7-13-14(20)18(5-6-19(13)17-10)9-12-8-11(15-2)3-4-16-12/h3-8H,9H2,1-2H3,(H,15,16). The maximum atomic E-state index is 12.4. The summed E-state index contributed by atoms with van der Waals surface area (Å²) in [5, 5.41) is 7.29. The highest BCUT2D eigenvalue weighted by atomic mass is 16.1. The molecule has 0 amide bonds. The van der Waals surface area contributed by atoms with Crippen LogP contribution in [0, 0.1) is 6.92 Å². The van der Waals surface area contributed by atoms with Crippen molar-refractivity contribution < 1.29 is 0 Å². The van der Waals surface area contributed by atoms with Crippen LogP contribution < -0.4 is 10.9 Å². The fraction of sp³-hybridized carbons (Fsp3) is 0.214. The Morgan fingerprint density at radius 2 is 2.15 bits per heavy atom. The zero-order valence-corrected chi connectivity index (χ0v) is 11.4. The molecule has 3 rings (SSSR count). The summed E-state index contributed by atoms with van der Waals surface area (Å²) in [6.07, 6.45) is 5.24. The molecule has 3 aromatic rings. The zero-order chi connectivity index (χ0) is 14.1. The van der Waals surface area contributed by atoms with Gasteiger partial charge in [0.05, 0.1) is 17.9 Å². The van der Waals surface area contributed by atoms with E-state index in [2.05, 4.69) is 15.4 Å². The van der Waals surface area contributed by atoms with E-state index in [0.29, 0.717) is 12.1 Å². The summed E-state index contributed by atoms with van der Waals surface area (Å²) in [5.41, 5.74) is 3.15. The summed E-state index contributed by atoms with van der Waals surface area (Å²) in [6.45, 7) is 2.31. The normalized spacial score (nSPS) is 10.9. The molecule has 0 atom stereocenters. The molecular formula is C14H15N5O. The lowest BCUT2D eigenvalue weighted by Gasteiger charge is -2.07. The Hall–Kier alpha value is -2.63. The minimum Gasteiger partial charge on any atom is -0.388 e. The number of hydrogen-bond acceptors (Lipinski definition) is 4. The van der Waals surface area contributed by atoms with Crippen LogP contribution in [0.5, 0.6) is 0 Å². The highest BCUT2D eigenvalue weighted by Crippen LogP contribution is 2.08. The summed E-state index contributed by atoms with van der Waals surface area (Å²) < 4.78 is 3.24. The van der Waals surface area contributed by atoms with Gasteiger partial charge < -0.3 is 9.88 Å². The summed E-state index contributed by atoms with van der Waals surface area (Å²) in [5.74, 6) is 0. The van der Waals surface area contributed by atoms with Crippen molar-refractivity contribution in [3.63, 3.8) is 0 Å². The van der Waals surface area contributed by atoms with Crippen molar-refractivity contribution in [1.29, 1.82) is 0 Å². The topological polar surface area (TPSA) is 64.2 Å². The number of nitrogens with one attached hydrogen (secondary N) is 1. The summed E-state index contributed by atoms with van der Waals surface area (Å²) in [6, 6.07) is 5.60. The largest absolute Gasteiger partial charge is 0.388 e. The van der Waals surface area contributed by atoms with Gasteiger partial charge in [0.2, 0.25) is 0 Å². The Morgan fingerprint density at radius 3 is 2.95 bits per heavy atom. The maximum Gasteiger partial charge on any atom is 0.276 e. The highest BCUT2D eigenvalue weighted by Gasteiger charge is 2.06. The number of hydrogen-bond donors (Lipinski definition) is 1. The number of rotatable bonds is 3. The molecule has 0 aromatic carbocycles. The first-order chi connectivity index (χ1) is 9.67. The first-order valence-corrected chi connectivity index (χ1v) is 6.35. The molecule has 0 aliphatic carbocycles. The van der Waals surface area contributed by atoms with E-state index in [1.54, 1.807) is 33.7 Å². The van der Waals surface area contributed by atoms with E-state index in [9.17, 15) is 4.79 Å². The van der Waals surface area contributed by atoms with Crippen LogP contribution in [0.4, 0.5) is 5.69 Å². The molecule has 0 bridgehead atoms. The van der Waals surface area contributed by atoms with E-state index in [1.807, 2.05) is 26.1 Å². The second kappa shape index (κ2) is 4.80. The summed E-state index contributed by atoms with van der Waals surface area (Å²) in [7, 11) is 1.85. The number of pyridine rings is 1. The smallest absolute Gasteiger partial charge is 0.276 e. The van der Waals surface area contributed by atoms with Crippen LogP contribution in [0.25, 0.3) is 5.52 Å². The zero-order valence-electron chi connectivity index (χ0n) is 11.4. The van der Waals surface area contributed by atoms with Gasteiger partial charge in [-0.1, -0.05) is 0 Å². The van der Waals surface area contributed by atoms with E-state index in [1.165, 1.54) is 0 Å². The molecule has 20 heavy (non-hydrogen) atoms. The second-order valence-corrected chi connectivity index (χ2v) is 4.63. The van der Waals surface area contributed by atoms with Gasteiger partial charge in [-0.2, -0.15) is 5.10 Å². The van der Waals surface area contributed by atoms with E-state index in [-0.39, 0.29) is 5.56 Å². The molecule has 3 heterocycles. The van der Waals surface area contributed by atoms with Crippen molar-refractivity contribution in [2.45, 2.75) is 13.5 Å². The van der Waals surface area contributed by atoms with E-state index < -0.39 is 0 Å². The molecule has 0 saturated carbocycles. The second-order valence-electron chi connectivity index (χ2n) is 4.63. The van der Waals surface area contributed by atoms with Gasteiger partial charge in [0.1, 0.15) is 5.52 Å². The first kappa shape index (κ1) is 12.4. The fourth-order valence-electron chi connectivity index (χ4n) is 2.17. The van der Waals surface area contributed by atoms with Crippen molar-refractivity contribution in [2.75, 3.05) is 12.4 Å². The third-order valence-corrected chi connectivity index (χ3v) is 3.16. The lowest BCUT2D eigenvalue weighted by molar-refractivity contribution is 0.725. The Labute approximate surface area is 115 Å². The van der Waals surface area contributed by atoms with Crippen LogP contribution >= 0.6 is 0 Å². The van der Waals surface area contributed by atoms with Gasteiger partial charge in [0.15, 0.2) is 0 Å². The number of fused-ring (bicyclic) bond motifs is 1. The number of anilines is 1. The van der Waals surface area contributed by atoms with Gasteiger partial charge >= 0.3 is 0 Å². The molecule has 0 unspecified atom stereocenters. The Kier molecular flexibility index (Phi) is 2.98. The minimum atomic E-state index is -0.0650. The predicted octanol–water partition coefficient (Wildman–Crippen LogP) is 1.29. The Morgan fingerprint density at radius 1 is 1.30 bits per heavy atom. The molecule has 1 N–H and O–H groups in total.